The van der Waals surface area contributed by atoms with Gasteiger partial charge in [-0.3, -0.25) is 9.89 Å². The monoisotopic (exact) mass is 529 g/mol. The van der Waals surface area contributed by atoms with Crippen LogP contribution in [0.1, 0.15) is 63.9 Å². The maximum Gasteiger partial charge on any atom is 0.420 e. The summed E-state index contributed by atoms with van der Waals surface area (Å²) in [6.07, 6.45) is -6.91. The number of alkyl halides is 6. The first-order valence-electron chi connectivity index (χ1n) is 11.0. The van der Waals surface area contributed by atoms with Gasteiger partial charge in [0, 0.05) is 11.6 Å². The maximum atomic E-state index is 13.6. The van der Waals surface area contributed by atoms with Crippen molar-refractivity contribution in [3.63, 3.8) is 0 Å². The molecule has 2 aliphatic heterocycles. The number of nitrogens with one attached hydrogen (secondary N) is 1. The average molecular weight is 530 g/mol. The number of carbonyl (C=O) groups excluding carboxylic acids is 1. The Morgan fingerprint density at radius 3 is 2.50 bits per heavy atom. The van der Waals surface area contributed by atoms with Crippen molar-refractivity contribution in [2.75, 3.05) is 0 Å². The van der Waals surface area contributed by atoms with E-state index in [9.17, 15) is 31.1 Å². The fourth-order valence-corrected chi connectivity index (χ4v) is 5.44. The summed E-state index contributed by atoms with van der Waals surface area (Å²) in [7, 11) is 0. The first kappa shape index (κ1) is 24.5. The standard InChI is InChI=1S/C23H18ClF6N5O/c1-10-32-18-13(19(33-10)20-15(9-31-34-20)23(28,29)30)8-11-4-2-7-16(18)35(11)21(36)12-5-3-6-14(17(12)24)22(25,26)27/h3,5-6,9,11,16H,2,4,7-8H2,1H3,(H,31,34). The largest absolute Gasteiger partial charge is 0.420 e. The van der Waals surface area contributed by atoms with Crippen LogP contribution in [0.2, 0.25) is 5.02 Å². The highest BCUT2D eigenvalue weighted by Gasteiger charge is 2.45. The smallest absolute Gasteiger partial charge is 0.327 e. The molecule has 2 unspecified atom stereocenters. The van der Waals surface area contributed by atoms with Gasteiger partial charge in [0.2, 0.25) is 0 Å². The highest BCUT2D eigenvalue weighted by atomic mass is 35.5. The number of hydrogen-bond donors (Lipinski definition) is 1. The molecule has 2 aromatic heterocycles. The molecule has 0 spiro atoms. The van der Waals surface area contributed by atoms with Crippen molar-refractivity contribution in [2.45, 2.75) is 57.0 Å². The van der Waals surface area contributed by atoms with Crippen molar-refractivity contribution >= 4 is 17.5 Å². The number of H-pyrrole nitrogens is 1. The van der Waals surface area contributed by atoms with E-state index >= 15 is 0 Å². The van der Waals surface area contributed by atoms with E-state index in [1.807, 2.05) is 0 Å². The van der Waals surface area contributed by atoms with Gasteiger partial charge in [-0.2, -0.15) is 31.4 Å². The first-order valence-corrected chi connectivity index (χ1v) is 11.4. The van der Waals surface area contributed by atoms with Crippen molar-refractivity contribution in [2.24, 2.45) is 0 Å². The zero-order valence-electron chi connectivity index (χ0n) is 18.6. The molecule has 1 saturated heterocycles. The molecule has 2 aliphatic rings. The second kappa shape index (κ2) is 8.46. The number of fused-ring (bicyclic) bond motifs is 4. The Kier molecular flexibility index (Phi) is 5.77. The molecule has 0 aliphatic carbocycles. The molecule has 1 amide bonds. The van der Waals surface area contributed by atoms with Crippen LogP contribution in [0.3, 0.4) is 0 Å². The molecule has 1 aromatic carbocycles. The number of aromatic amines is 1. The van der Waals surface area contributed by atoms with E-state index in [1.54, 1.807) is 0 Å². The highest BCUT2D eigenvalue weighted by molar-refractivity contribution is 6.34. The van der Waals surface area contributed by atoms with Crippen LogP contribution in [0.4, 0.5) is 26.3 Å². The Morgan fingerprint density at radius 2 is 1.81 bits per heavy atom. The minimum absolute atomic E-state index is 0.0587. The van der Waals surface area contributed by atoms with Crippen molar-refractivity contribution in [1.82, 2.24) is 25.1 Å². The van der Waals surface area contributed by atoms with E-state index in [2.05, 4.69) is 20.2 Å². The normalized spacial score (nSPS) is 19.8. The molecule has 2 bridgehead atoms. The fourth-order valence-electron chi connectivity index (χ4n) is 5.13. The van der Waals surface area contributed by atoms with Gasteiger partial charge in [0.05, 0.1) is 45.5 Å². The van der Waals surface area contributed by atoms with E-state index in [0.29, 0.717) is 36.7 Å². The van der Waals surface area contributed by atoms with E-state index in [4.69, 9.17) is 11.6 Å². The number of amides is 1. The maximum absolute atomic E-state index is 13.6. The van der Waals surface area contributed by atoms with Crippen LogP contribution in [-0.4, -0.2) is 37.0 Å². The van der Waals surface area contributed by atoms with Crippen LogP contribution in [0.5, 0.6) is 0 Å². The zero-order chi connectivity index (χ0) is 26.0. The SMILES string of the molecule is Cc1nc(-c2[nH]ncc2C(F)(F)F)c2c(n1)C1CCCC(C2)N1C(=O)c1cccc(C(F)(F)F)c1Cl. The molecule has 4 heterocycles. The third-order valence-corrected chi connectivity index (χ3v) is 7.01. The van der Waals surface area contributed by atoms with Crippen LogP contribution in [-0.2, 0) is 18.8 Å². The lowest BCUT2D eigenvalue weighted by Gasteiger charge is -2.46. The number of piperidine rings is 1. The van der Waals surface area contributed by atoms with Gasteiger partial charge >= 0.3 is 12.4 Å². The molecule has 5 rings (SSSR count). The summed E-state index contributed by atoms with van der Waals surface area (Å²) in [5.41, 5.74) is -1.76. The molecule has 6 nitrogen and oxygen atoms in total. The molecule has 1 N–H and O–H groups in total. The van der Waals surface area contributed by atoms with Crippen molar-refractivity contribution in [3.8, 4) is 11.4 Å². The lowest BCUT2D eigenvalue weighted by atomic mass is 9.81. The van der Waals surface area contributed by atoms with Crippen LogP contribution in [0, 0.1) is 6.92 Å². The molecule has 36 heavy (non-hydrogen) atoms. The predicted molar refractivity (Wildman–Crippen MR) is 116 cm³/mol. The molecule has 3 aromatic rings. The van der Waals surface area contributed by atoms with E-state index in [-0.39, 0.29) is 29.2 Å². The molecule has 190 valence electrons. The summed E-state index contributed by atoms with van der Waals surface area (Å²) >= 11 is 6.03. The number of carbonyl (C=O) groups is 1. The molecule has 1 fully saturated rings. The molecular formula is C23H18ClF6N5O. The Labute approximate surface area is 205 Å². The van der Waals surface area contributed by atoms with Gasteiger partial charge in [0.15, 0.2) is 0 Å². The Morgan fingerprint density at radius 1 is 1.08 bits per heavy atom. The summed E-state index contributed by atoms with van der Waals surface area (Å²) in [6.45, 7) is 1.53. The van der Waals surface area contributed by atoms with Gasteiger partial charge in [-0.15, -0.1) is 0 Å². The zero-order valence-corrected chi connectivity index (χ0v) is 19.4. The second-order valence-corrected chi connectivity index (χ2v) is 9.20. The van der Waals surface area contributed by atoms with Gasteiger partial charge in [-0.25, -0.2) is 9.97 Å². The lowest BCUT2D eigenvalue weighted by Crippen LogP contribution is -2.50. The Bertz CT molecular complexity index is 1350. The highest BCUT2D eigenvalue weighted by Crippen LogP contribution is 2.46. The van der Waals surface area contributed by atoms with Crippen molar-refractivity contribution in [3.05, 3.63) is 63.2 Å². The molecule has 13 heteroatoms. The number of aromatic nitrogens is 4. The van der Waals surface area contributed by atoms with Crippen molar-refractivity contribution < 1.29 is 31.1 Å². The summed E-state index contributed by atoms with van der Waals surface area (Å²) in [4.78, 5) is 23.8. The van der Waals surface area contributed by atoms with Crippen LogP contribution >= 0.6 is 11.6 Å². The number of nitrogens with zero attached hydrogens (tertiary/aromatic N) is 4. The predicted octanol–water partition coefficient (Wildman–Crippen LogP) is 6.16. The number of benzene rings is 1. The average Bonchev–Trinajstić information content (AvgIpc) is 3.28. The number of rotatable bonds is 2. The third-order valence-electron chi connectivity index (χ3n) is 6.60. The Balaban J connectivity index is 1.62. The van der Waals surface area contributed by atoms with Gasteiger partial charge in [0.25, 0.3) is 5.91 Å². The number of halogens is 7. The second-order valence-electron chi connectivity index (χ2n) is 8.82. The minimum Gasteiger partial charge on any atom is -0.327 e. The van der Waals surface area contributed by atoms with E-state index in [1.165, 1.54) is 17.9 Å². The number of aryl methyl sites for hydroxylation is 1. The summed E-state index contributed by atoms with van der Waals surface area (Å²) in [6, 6.07) is 2.04. The lowest BCUT2D eigenvalue weighted by molar-refractivity contribution is -0.138. The summed E-state index contributed by atoms with van der Waals surface area (Å²) < 4.78 is 80.9. The van der Waals surface area contributed by atoms with Crippen LogP contribution in [0.15, 0.2) is 24.4 Å². The van der Waals surface area contributed by atoms with Gasteiger partial charge < -0.3 is 4.90 Å². The van der Waals surface area contributed by atoms with Crippen molar-refractivity contribution in [1.29, 1.82) is 0 Å². The summed E-state index contributed by atoms with van der Waals surface area (Å²) in [5.74, 6) is -0.484. The quantitative estimate of drug-likeness (QED) is 0.404. The van der Waals surface area contributed by atoms with Crippen LogP contribution in [0.25, 0.3) is 11.4 Å². The first-order chi connectivity index (χ1) is 16.9. The van der Waals surface area contributed by atoms with E-state index < -0.39 is 46.5 Å². The number of hydrogen-bond acceptors (Lipinski definition) is 4. The molecule has 2 atom stereocenters. The fraction of sp³-hybridized carbons (Fsp3) is 0.391. The van der Waals surface area contributed by atoms with Gasteiger partial charge in [-0.1, -0.05) is 17.7 Å². The third kappa shape index (κ3) is 4.00. The molecular weight excluding hydrogens is 512 g/mol. The van der Waals surface area contributed by atoms with Gasteiger partial charge in [-0.05, 0) is 44.7 Å². The Hall–Kier alpha value is -3.15. The minimum atomic E-state index is -4.74. The molecule has 0 saturated carbocycles. The summed E-state index contributed by atoms with van der Waals surface area (Å²) in [5, 5.41) is 5.27. The van der Waals surface area contributed by atoms with Crippen LogP contribution < -0.4 is 0 Å². The van der Waals surface area contributed by atoms with Gasteiger partial charge in [0.1, 0.15) is 11.4 Å². The molecule has 0 radical (unpaired) electrons. The topological polar surface area (TPSA) is 74.8 Å². The van der Waals surface area contributed by atoms with E-state index in [0.717, 1.165) is 12.1 Å².